The van der Waals surface area contributed by atoms with Crippen molar-refractivity contribution in [2.24, 2.45) is 0 Å². The summed E-state index contributed by atoms with van der Waals surface area (Å²) in [4.78, 5) is 11.6. The van der Waals surface area contributed by atoms with Gasteiger partial charge in [0.05, 0.1) is 6.54 Å². The van der Waals surface area contributed by atoms with Crippen LogP contribution in [0.25, 0.3) is 0 Å². The summed E-state index contributed by atoms with van der Waals surface area (Å²) in [5.74, 6) is -0.551. The zero-order chi connectivity index (χ0) is 14.2. The molecule has 20 heavy (non-hydrogen) atoms. The number of hydrogen-bond donors (Lipinski definition) is 2. The standard InChI is InChI=1S/C14H17FN4O/c15-12-4-1-5-13(10-12)18-14(20)11-16-6-2-8-19-9-3-7-17-19/h1,3-5,7,9-10,16H,2,6,8,11H2,(H,18,20). The summed E-state index contributed by atoms with van der Waals surface area (Å²) < 4.78 is 14.8. The van der Waals surface area contributed by atoms with E-state index in [4.69, 9.17) is 0 Å². The fourth-order valence-electron chi connectivity index (χ4n) is 1.77. The number of halogens is 1. The molecule has 2 aromatic rings. The molecule has 0 saturated carbocycles. The van der Waals surface area contributed by atoms with Gasteiger partial charge in [-0.2, -0.15) is 5.10 Å². The molecule has 0 atom stereocenters. The van der Waals surface area contributed by atoms with Crippen molar-refractivity contribution in [2.75, 3.05) is 18.4 Å². The van der Waals surface area contributed by atoms with Gasteiger partial charge in [0.15, 0.2) is 0 Å². The maximum absolute atomic E-state index is 12.9. The van der Waals surface area contributed by atoms with Gasteiger partial charge in [-0.1, -0.05) is 6.07 Å². The molecule has 0 radical (unpaired) electrons. The molecule has 0 spiro atoms. The third-order valence-electron chi connectivity index (χ3n) is 2.69. The predicted octanol–water partition coefficient (Wildman–Crippen LogP) is 1.64. The molecule has 5 nitrogen and oxygen atoms in total. The quantitative estimate of drug-likeness (QED) is 0.756. The maximum Gasteiger partial charge on any atom is 0.238 e. The Morgan fingerprint density at radius 2 is 2.25 bits per heavy atom. The minimum atomic E-state index is -0.366. The molecular formula is C14H17FN4O. The lowest BCUT2D eigenvalue weighted by atomic mass is 10.3. The number of anilines is 1. The Morgan fingerprint density at radius 3 is 3.00 bits per heavy atom. The van der Waals surface area contributed by atoms with E-state index in [1.807, 2.05) is 16.9 Å². The molecule has 106 valence electrons. The van der Waals surface area contributed by atoms with Crippen LogP contribution >= 0.6 is 0 Å². The largest absolute Gasteiger partial charge is 0.325 e. The van der Waals surface area contributed by atoms with E-state index in [0.29, 0.717) is 5.69 Å². The first kappa shape index (κ1) is 14.2. The molecule has 0 fully saturated rings. The third-order valence-corrected chi connectivity index (χ3v) is 2.69. The lowest BCUT2D eigenvalue weighted by molar-refractivity contribution is -0.115. The van der Waals surface area contributed by atoms with E-state index >= 15 is 0 Å². The summed E-state index contributed by atoms with van der Waals surface area (Å²) in [6, 6.07) is 7.71. The number of aromatic nitrogens is 2. The number of benzene rings is 1. The molecule has 1 aromatic heterocycles. The van der Waals surface area contributed by atoms with E-state index in [1.54, 1.807) is 18.3 Å². The van der Waals surface area contributed by atoms with Crippen LogP contribution < -0.4 is 10.6 Å². The van der Waals surface area contributed by atoms with Crippen molar-refractivity contribution >= 4 is 11.6 Å². The molecule has 0 saturated heterocycles. The normalized spacial score (nSPS) is 10.4. The fourth-order valence-corrected chi connectivity index (χ4v) is 1.77. The summed E-state index contributed by atoms with van der Waals surface area (Å²) in [5, 5.41) is 9.75. The average molecular weight is 276 g/mol. The molecule has 1 heterocycles. The van der Waals surface area contributed by atoms with Gasteiger partial charge in [-0.25, -0.2) is 4.39 Å². The van der Waals surface area contributed by atoms with Crippen molar-refractivity contribution in [1.82, 2.24) is 15.1 Å². The molecule has 2 rings (SSSR count). The summed E-state index contributed by atoms with van der Waals surface area (Å²) >= 11 is 0. The van der Waals surface area contributed by atoms with Gasteiger partial charge in [-0.15, -0.1) is 0 Å². The van der Waals surface area contributed by atoms with Crippen LogP contribution in [0.1, 0.15) is 6.42 Å². The van der Waals surface area contributed by atoms with Crippen LogP contribution in [0.15, 0.2) is 42.7 Å². The lowest BCUT2D eigenvalue weighted by Gasteiger charge is -2.07. The minimum Gasteiger partial charge on any atom is -0.325 e. The van der Waals surface area contributed by atoms with Gasteiger partial charge < -0.3 is 10.6 Å². The van der Waals surface area contributed by atoms with Crippen molar-refractivity contribution in [1.29, 1.82) is 0 Å². The predicted molar refractivity (Wildman–Crippen MR) is 74.7 cm³/mol. The Balaban J connectivity index is 1.60. The molecule has 1 aromatic carbocycles. The highest BCUT2D eigenvalue weighted by atomic mass is 19.1. The Kier molecular flexibility index (Phi) is 5.25. The average Bonchev–Trinajstić information content (AvgIpc) is 2.91. The van der Waals surface area contributed by atoms with Gasteiger partial charge in [-0.3, -0.25) is 9.48 Å². The summed E-state index contributed by atoms with van der Waals surface area (Å²) in [6.45, 7) is 1.73. The van der Waals surface area contributed by atoms with Crippen LogP contribution in [0.5, 0.6) is 0 Å². The van der Waals surface area contributed by atoms with Crippen molar-refractivity contribution in [3.8, 4) is 0 Å². The maximum atomic E-state index is 12.9. The number of carbonyl (C=O) groups excluding carboxylic acids is 1. The smallest absolute Gasteiger partial charge is 0.238 e. The Labute approximate surface area is 116 Å². The fraction of sp³-hybridized carbons (Fsp3) is 0.286. The Morgan fingerprint density at radius 1 is 1.35 bits per heavy atom. The zero-order valence-electron chi connectivity index (χ0n) is 11.1. The highest BCUT2D eigenvalue weighted by Gasteiger charge is 2.02. The number of aryl methyl sites for hydroxylation is 1. The van der Waals surface area contributed by atoms with Gasteiger partial charge in [0.25, 0.3) is 0 Å². The van der Waals surface area contributed by atoms with E-state index < -0.39 is 0 Å². The molecule has 0 aliphatic carbocycles. The van der Waals surface area contributed by atoms with Gasteiger partial charge >= 0.3 is 0 Å². The lowest BCUT2D eigenvalue weighted by Crippen LogP contribution is -2.29. The summed E-state index contributed by atoms with van der Waals surface area (Å²) in [6.07, 6.45) is 4.52. The van der Waals surface area contributed by atoms with E-state index in [9.17, 15) is 9.18 Å². The number of carbonyl (C=O) groups is 1. The number of rotatable bonds is 7. The van der Waals surface area contributed by atoms with Crippen molar-refractivity contribution < 1.29 is 9.18 Å². The van der Waals surface area contributed by atoms with Crippen LogP contribution in [0, 0.1) is 5.82 Å². The molecule has 0 aliphatic rings. The second kappa shape index (κ2) is 7.40. The van der Waals surface area contributed by atoms with Crippen molar-refractivity contribution in [3.63, 3.8) is 0 Å². The molecular weight excluding hydrogens is 259 g/mol. The zero-order valence-corrected chi connectivity index (χ0v) is 11.1. The first-order valence-electron chi connectivity index (χ1n) is 6.47. The molecule has 0 bridgehead atoms. The monoisotopic (exact) mass is 276 g/mol. The van der Waals surface area contributed by atoms with E-state index in [-0.39, 0.29) is 18.3 Å². The van der Waals surface area contributed by atoms with Crippen LogP contribution in [0.3, 0.4) is 0 Å². The van der Waals surface area contributed by atoms with Gasteiger partial charge in [-0.05, 0) is 37.2 Å². The number of nitrogens with one attached hydrogen (secondary N) is 2. The van der Waals surface area contributed by atoms with Crippen LogP contribution in [-0.2, 0) is 11.3 Å². The van der Waals surface area contributed by atoms with Gasteiger partial charge in [0.2, 0.25) is 5.91 Å². The number of hydrogen-bond acceptors (Lipinski definition) is 3. The number of nitrogens with zero attached hydrogens (tertiary/aromatic N) is 2. The van der Waals surface area contributed by atoms with Gasteiger partial charge in [0.1, 0.15) is 5.82 Å². The molecule has 0 aliphatic heterocycles. The van der Waals surface area contributed by atoms with E-state index in [2.05, 4.69) is 15.7 Å². The summed E-state index contributed by atoms with van der Waals surface area (Å²) in [7, 11) is 0. The van der Waals surface area contributed by atoms with E-state index in [0.717, 1.165) is 19.5 Å². The van der Waals surface area contributed by atoms with Gasteiger partial charge in [0, 0.05) is 24.6 Å². The first-order chi connectivity index (χ1) is 9.74. The van der Waals surface area contributed by atoms with Crippen LogP contribution in [-0.4, -0.2) is 28.8 Å². The van der Waals surface area contributed by atoms with Crippen molar-refractivity contribution in [3.05, 3.63) is 48.5 Å². The highest BCUT2D eigenvalue weighted by molar-refractivity contribution is 5.92. The molecule has 1 amide bonds. The van der Waals surface area contributed by atoms with E-state index in [1.165, 1.54) is 12.1 Å². The van der Waals surface area contributed by atoms with Crippen LogP contribution in [0.4, 0.5) is 10.1 Å². The molecule has 2 N–H and O–H groups in total. The first-order valence-corrected chi connectivity index (χ1v) is 6.47. The van der Waals surface area contributed by atoms with Crippen LogP contribution in [0.2, 0.25) is 0 Å². The highest BCUT2D eigenvalue weighted by Crippen LogP contribution is 2.08. The Hall–Kier alpha value is -2.21. The Bertz CT molecular complexity index is 542. The topological polar surface area (TPSA) is 59.0 Å². The second-order valence-electron chi connectivity index (χ2n) is 4.36. The minimum absolute atomic E-state index is 0.185. The second-order valence-corrected chi connectivity index (χ2v) is 4.36. The SMILES string of the molecule is O=C(CNCCCn1cccn1)Nc1cccc(F)c1. The summed E-state index contributed by atoms with van der Waals surface area (Å²) in [5.41, 5.74) is 0.466. The third kappa shape index (κ3) is 4.81. The molecule has 6 heteroatoms. The number of amides is 1. The molecule has 0 unspecified atom stereocenters. The van der Waals surface area contributed by atoms with Crippen molar-refractivity contribution in [2.45, 2.75) is 13.0 Å².